The molecule has 6 heteroatoms. The number of aromatic nitrogens is 3. The summed E-state index contributed by atoms with van der Waals surface area (Å²) >= 11 is 0. The average Bonchev–Trinajstić information content (AvgIpc) is 2.89. The van der Waals surface area contributed by atoms with Crippen LogP contribution in [0.5, 0.6) is 0 Å². The van der Waals surface area contributed by atoms with Gasteiger partial charge in [0.15, 0.2) is 0 Å². The van der Waals surface area contributed by atoms with Gasteiger partial charge in [-0.15, -0.1) is 5.10 Å². The van der Waals surface area contributed by atoms with Crippen molar-refractivity contribution in [1.29, 1.82) is 0 Å². The third-order valence-corrected chi connectivity index (χ3v) is 4.18. The highest BCUT2D eigenvalue weighted by molar-refractivity contribution is 5.11. The minimum atomic E-state index is -0.236. The average molecular weight is 267 g/mol. The van der Waals surface area contributed by atoms with Crippen molar-refractivity contribution in [3.8, 4) is 0 Å². The molecule has 0 saturated heterocycles. The molecule has 1 aliphatic carbocycles. The van der Waals surface area contributed by atoms with E-state index in [1.165, 1.54) is 19.3 Å². The Morgan fingerprint density at radius 3 is 2.79 bits per heavy atom. The molecule has 1 aromatic heterocycles. The summed E-state index contributed by atoms with van der Waals surface area (Å²) < 4.78 is 7.81. The first-order chi connectivity index (χ1) is 9.27. The zero-order chi connectivity index (χ0) is 13.7. The Morgan fingerprint density at radius 2 is 2.21 bits per heavy atom. The number of nitrogens with zero attached hydrogens (tertiary/aromatic N) is 3. The largest absolute Gasteiger partial charge is 0.376 e. The van der Waals surface area contributed by atoms with Crippen molar-refractivity contribution >= 4 is 0 Å². The number of methoxy groups -OCH3 is 1. The number of nitrogens with one attached hydrogen (secondary N) is 1. The summed E-state index contributed by atoms with van der Waals surface area (Å²) in [4.78, 5) is 0. The van der Waals surface area contributed by atoms with Gasteiger partial charge in [0.2, 0.25) is 0 Å². The van der Waals surface area contributed by atoms with Crippen LogP contribution in [0.1, 0.15) is 57.2 Å². The second-order valence-electron chi connectivity index (χ2n) is 5.31. The fourth-order valence-electron chi connectivity index (χ4n) is 3.14. The van der Waals surface area contributed by atoms with Crippen molar-refractivity contribution in [3.63, 3.8) is 0 Å². The number of aryl methyl sites for hydroxylation is 1. The lowest BCUT2D eigenvalue weighted by Crippen LogP contribution is -2.50. The van der Waals surface area contributed by atoms with E-state index in [0.29, 0.717) is 0 Å². The Kier molecular flexibility index (Phi) is 4.90. The summed E-state index contributed by atoms with van der Waals surface area (Å²) in [5.41, 5.74) is 3.72. The molecule has 0 aliphatic heterocycles. The fourth-order valence-corrected chi connectivity index (χ4v) is 3.14. The molecule has 0 bridgehead atoms. The summed E-state index contributed by atoms with van der Waals surface area (Å²) in [6.07, 6.45) is 8.51. The van der Waals surface area contributed by atoms with Gasteiger partial charge < -0.3 is 4.74 Å². The maximum absolute atomic E-state index is 5.88. The molecule has 1 aliphatic rings. The van der Waals surface area contributed by atoms with Crippen molar-refractivity contribution in [2.75, 3.05) is 7.11 Å². The van der Waals surface area contributed by atoms with E-state index in [9.17, 15) is 0 Å². The van der Waals surface area contributed by atoms with Gasteiger partial charge in [-0.3, -0.25) is 5.84 Å². The van der Waals surface area contributed by atoms with Gasteiger partial charge >= 0.3 is 0 Å². The molecule has 0 spiro atoms. The molecule has 19 heavy (non-hydrogen) atoms. The van der Waals surface area contributed by atoms with Gasteiger partial charge in [0, 0.05) is 13.7 Å². The Morgan fingerprint density at radius 1 is 1.47 bits per heavy atom. The summed E-state index contributed by atoms with van der Waals surface area (Å²) in [7, 11) is 1.78. The molecule has 1 heterocycles. The molecule has 0 radical (unpaired) electrons. The molecule has 1 saturated carbocycles. The van der Waals surface area contributed by atoms with Crippen molar-refractivity contribution in [2.45, 2.75) is 63.6 Å². The number of hydrogen-bond acceptors (Lipinski definition) is 5. The monoisotopic (exact) mass is 267 g/mol. The summed E-state index contributed by atoms with van der Waals surface area (Å²) in [6.45, 7) is 2.98. The van der Waals surface area contributed by atoms with Crippen LogP contribution in [0, 0.1) is 0 Å². The summed E-state index contributed by atoms with van der Waals surface area (Å²) in [5, 5.41) is 8.18. The molecule has 2 rings (SSSR count). The number of rotatable bonds is 6. The van der Waals surface area contributed by atoms with E-state index in [-0.39, 0.29) is 11.6 Å². The number of ether oxygens (including phenoxy) is 1. The molecular formula is C13H25N5O. The lowest BCUT2D eigenvalue weighted by atomic mass is 9.78. The molecule has 3 N–H and O–H groups in total. The van der Waals surface area contributed by atoms with Gasteiger partial charge in [0.25, 0.3) is 0 Å². The molecule has 108 valence electrons. The summed E-state index contributed by atoms with van der Waals surface area (Å²) in [6, 6.07) is -0.0562. The Bertz CT molecular complexity index is 386. The van der Waals surface area contributed by atoms with Crippen LogP contribution in [0.4, 0.5) is 0 Å². The molecule has 1 unspecified atom stereocenters. The van der Waals surface area contributed by atoms with Crippen LogP contribution in [0.2, 0.25) is 0 Å². The minimum absolute atomic E-state index is 0.0562. The zero-order valence-corrected chi connectivity index (χ0v) is 11.9. The van der Waals surface area contributed by atoms with Crippen LogP contribution in [-0.2, 0) is 11.3 Å². The second kappa shape index (κ2) is 6.45. The van der Waals surface area contributed by atoms with Crippen molar-refractivity contribution < 1.29 is 4.74 Å². The topological polar surface area (TPSA) is 78.0 Å². The standard InChI is InChI=1S/C13H25N5O/c1-3-9-18-11(10-15-17-18)12(16-14)13(19-2)7-5-4-6-8-13/h10,12,16H,3-9,14H2,1-2H3. The summed E-state index contributed by atoms with van der Waals surface area (Å²) in [5.74, 6) is 5.82. The molecule has 0 aromatic carbocycles. The van der Waals surface area contributed by atoms with Crippen LogP contribution < -0.4 is 11.3 Å². The van der Waals surface area contributed by atoms with Gasteiger partial charge in [-0.1, -0.05) is 31.4 Å². The highest BCUT2D eigenvalue weighted by Gasteiger charge is 2.42. The predicted molar refractivity (Wildman–Crippen MR) is 73.2 cm³/mol. The zero-order valence-electron chi connectivity index (χ0n) is 11.9. The van der Waals surface area contributed by atoms with Gasteiger partial charge in [-0.25, -0.2) is 10.1 Å². The quantitative estimate of drug-likeness (QED) is 0.604. The molecule has 6 nitrogen and oxygen atoms in total. The van der Waals surface area contributed by atoms with Crippen molar-refractivity contribution in [3.05, 3.63) is 11.9 Å². The van der Waals surface area contributed by atoms with E-state index in [2.05, 4.69) is 22.7 Å². The maximum Gasteiger partial charge on any atom is 0.0934 e. The first kappa shape index (κ1) is 14.4. The Balaban J connectivity index is 2.28. The van der Waals surface area contributed by atoms with Crippen molar-refractivity contribution in [1.82, 2.24) is 20.4 Å². The van der Waals surface area contributed by atoms with E-state index >= 15 is 0 Å². The van der Waals surface area contributed by atoms with Gasteiger partial charge in [-0.05, 0) is 19.3 Å². The van der Waals surface area contributed by atoms with E-state index < -0.39 is 0 Å². The molecule has 1 aromatic rings. The SMILES string of the molecule is CCCn1nncc1C(NN)C1(OC)CCCCC1. The third-order valence-electron chi connectivity index (χ3n) is 4.18. The van der Waals surface area contributed by atoms with Gasteiger partial charge in [0.1, 0.15) is 0 Å². The van der Waals surface area contributed by atoms with E-state index in [0.717, 1.165) is 31.5 Å². The molecule has 1 atom stereocenters. The van der Waals surface area contributed by atoms with E-state index in [4.69, 9.17) is 10.6 Å². The molecule has 1 fully saturated rings. The van der Waals surface area contributed by atoms with Gasteiger partial charge in [-0.2, -0.15) is 0 Å². The second-order valence-corrected chi connectivity index (χ2v) is 5.31. The maximum atomic E-state index is 5.88. The van der Waals surface area contributed by atoms with Gasteiger partial charge in [0.05, 0.1) is 23.5 Å². The highest BCUT2D eigenvalue weighted by atomic mass is 16.5. The van der Waals surface area contributed by atoms with E-state index in [1.807, 2.05) is 4.68 Å². The van der Waals surface area contributed by atoms with Crippen LogP contribution in [0.15, 0.2) is 6.20 Å². The molecule has 0 amide bonds. The normalized spacial score (nSPS) is 20.4. The van der Waals surface area contributed by atoms with Crippen LogP contribution in [0.25, 0.3) is 0 Å². The lowest BCUT2D eigenvalue weighted by Gasteiger charge is -2.42. The van der Waals surface area contributed by atoms with E-state index in [1.54, 1.807) is 13.3 Å². The lowest BCUT2D eigenvalue weighted by molar-refractivity contribution is -0.0708. The number of nitrogens with two attached hydrogens (primary N) is 1. The van der Waals surface area contributed by atoms with Crippen molar-refractivity contribution in [2.24, 2.45) is 5.84 Å². The minimum Gasteiger partial charge on any atom is -0.376 e. The number of hydrazine groups is 1. The fraction of sp³-hybridized carbons (Fsp3) is 0.846. The van der Waals surface area contributed by atoms with Crippen LogP contribution >= 0.6 is 0 Å². The molecular weight excluding hydrogens is 242 g/mol. The van der Waals surface area contributed by atoms with Crippen LogP contribution in [-0.4, -0.2) is 27.7 Å². The van der Waals surface area contributed by atoms with Crippen LogP contribution in [0.3, 0.4) is 0 Å². The first-order valence-electron chi connectivity index (χ1n) is 7.17. The Labute approximate surface area is 114 Å². The first-order valence-corrected chi connectivity index (χ1v) is 7.17. The highest BCUT2D eigenvalue weighted by Crippen LogP contribution is 2.40. The number of hydrogen-bond donors (Lipinski definition) is 2. The third kappa shape index (κ3) is 2.80. The predicted octanol–water partition coefficient (Wildman–Crippen LogP) is 1.54. The smallest absolute Gasteiger partial charge is 0.0934 e. The Hall–Kier alpha value is -0.980.